The van der Waals surface area contributed by atoms with Gasteiger partial charge in [0, 0.05) is 18.0 Å². The zero-order valence-electron chi connectivity index (χ0n) is 16.4. The average molecular weight is 440 g/mol. The Morgan fingerprint density at radius 3 is 2.19 bits per heavy atom. The summed E-state index contributed by atoms with van der Waals surface area (Å²) < 4.78 is 51.5. The van der Waals surface area contributed by atoms with Crippen molar-refractivity contribution in [2.24, 2.45) is 0 Å². The number of nitrogens with one attached hydrogen (secondary N) is 2. The summed E-state index contributed by atoms with van der Waals surface area (Å²) in [6.45, 7) is 0. The molecule has 162 valence electrons. The van der Waals surface area contributed by atoms with E-state index in [4.69, 9.17) is 0 Å². The lowest BCUT2D eigenvalue weighted by molar-refractivity contribution is -0.137. The zero-order chi connectivity index (χ0) is 22.7. The predicted molar refractivity (Wildman–Crippen MR) is 111 cm³/mol. The summed E-state index contributed by atoms with van der Waals surface area (Å²) in [4.78, 5) is 16.6. The quantitative estimate of drug-likeness (QED) is 0.404. The van der Waals surface area contributed by atoms with Gasteiger partial charge in [0.05, 0.1) is 23.2 Å². The fourth-order valence-electron chi connectivity index (χ4n) is 3.23. The van der Waals surface area contributed by atoms with Gasteiger partial charge in [-0.25, -0.2) is 4.39 Å². The summed E-state index contributed by atoms with van der Waals surface area (Å²) in [6.07, 6.45) is -1.39. The van der Waals surface area contributed by atoms with E-state index in [2.05, 4.69) is 20.5 Å². The first kappa shape index (κ1) is 21.2. The molecule has 0 aliphatic carbocycles. The van der Waals surface area contributed by atoms with Crippen molar-refractivity contribution in [2.45, 2.75) is 12.6 Å². The Labute approximate surface area is 180 Å². The Kier molecular flexibility index (Phi) is 5.72. The van der Waals surface area contributed by atoms with Crippen molar-refractivity contribution in [3.8, 4) is 22.4 Å². The molecule has 0 unspecified atom stereocenters. The van der Waals surface area contributed by atoms with E-state index in [-0.39, 0.29) is 18.1 Å². The minimum Gasteiger partial charge on any atom is -0.308 e. The second kappa shape index (κ2) is 8.62. The number of benzene rings is 2. The van der Waals surface area contributed by atoms with Gasteiger partial charge in [-0.2, -0.15) is 18.3 Å². The van der Waals surface area contributed by atoms with Gasteiger partial charge in [-0.05, 0) is 59.7 Å². The highest BCUT2D eigenvalue weighted by molar-refractivity contribution is 5.98. The second-order valence-corrected chi connectivity index (χ2v) is 6.98. The van der Waals surface area contributed by atoms with Gasteiger partial charge in [-0.3, -0.25) is 14.9 Å². The number of H-pyrrole nitrogens is 1. The number of aromatic amines is 1. The van der Waals surface area contributed by atoms with Crippen molar-refractivity contribution in [3.63, 3.8) is 0 Å². The molecule has 0 bridgehead atoms. The third-order valence-electron chi connectivity index (χ3n) is 4.77. The number of pyridine rings is 1. The largest absolute Gasteiger partial charge is 0.416 e. The van der Waals surface area contributed by atoms with Crippen molar-refractivity contribution in [3.05, 3.63) is 90.0 Å². The monoisotopic (exact) mass is 440 g/mol. The molecule has 0 saturated heterocycles. The van der Waals surface area contributed by atoms with E-state index in [9.17, 15) is 22.4 Å². The van der Waals surface area contributed by atoms with Crippen LogP contribution < -0.4 is 5.32 Å². The van der Waals surface area contributed by atoms with Crippen LogP contribution in [0.2, 0.25) is 0 Å². The maximum absolute atomic E-state index is 13.3. The maximum Gasteiger partial charge on any atom is 0.416 e. The number of carbonyl (C=O) groups excluding carboxylic acids is 1. The predicted octanol–water partition coefficient (Wildman–Crippen LogP) is 5.48. The Morgan fingerprint density at radius 1 is 0.906 bits per heavy atom. The highest BCUT2D eigenvalue weighted by Gasteiger charge is 2.30. The number of halogens is 4. The first-order chi connectivity index (χ1) is 15.3. The minimum absolute atomic E-state index is 0.132. The molecular weight excluding hydrogens is 424 g/mol. The topological polar surface area (TPSA) is 70.7 Å². The van der Waals surface area contributed by atoms with Crippen LogP contribution in [0.5, 0.6) is 0 Å². The van der Waals surface area contributed by atoms with E-state index in [0.717, 1.165) is 17.7 Å². The molecule has 5 nitrogen and oxygen atoms in total. The Morgan fingerprint density at radius 2 is 1.56 bits per heavy atom. The van der Waals surface area contributed by atoms with Crippen LogP contribution in [0.4, 0.5) is 23.4 Å². The fourth-order valence-corrected chi connectivity index (χ4v) is 3.23. The minimum atomic E-state index is -4.44. The SMILES string of the molecule is O=C(Cc1ccc(C(F)(F)F)cc1)Nc1n[nH]c(-c2ccc(F)cc2)c1-c1ccncc1. The number of aromatic nitrogens is 3. The molecule has 0 aliphatic heterocycles. The van der Waals surface area contributed by atoms with Crippen LogP contribution in [-0.4, -0.2) is 21.1 Å². The number of rotatable bonds is 5. The molecule has 0 atom stereocenters. The van der Waals surface area contributed by atoms with E-state index < -0.39 is 17.6 Å². The molecule has 2 aromatic carbocycles. The molecule has 0 fully saturated rings. The summed E-state index contributed by atoms with van der Waals surface area (Å²) >= 11 is 0. The molecule has 0 radical (unpaired) electrons. The molecule has 2 N–H and O–H groups in total. The van der Waals surface area contributed by atoms with Gasteiger partial charge in [0.25, 0.3) is 0 Å². The van der Waals surface area contributed by atoms with Gasteiger partial charge >= 0.3 is 6.18 Å². The molecule has 4 aromatic rings. The van der Waals surface area contributed by atoms with Gasteiger partial charge in [0.1, 0.15) is 5.82 Å². The number of nitrogens with zero attached hydrogens (tertiary/aromatic N) is 2. The molecule has 1 amide bonds. The van der Waals surface area contributed by atoms with E-state index in [0.29, 0.717) is 22.4 Å². The third kappa shape index (κ3) is 4.66. The average Bonchev–Trinajstić information content (AvgIpc) is 3.18. The zero-order valence-corrected chi connectivity index (χ0v) is 16.4. The lowest BCUT2D eigenvalue weighted by Crippen LogP contribution is -2.15. The molecular formula is C23H16F4N4O. The van der Waals surface area contributed by atoms with Crippen molar-refractivity contribution in [1.29, 1.82) is 0 Å². The molecule has 4 rings (SSSR count). The summed E-state index contributed by atoms with van der Waals surface area (Å²) in [5.74, 6) is -0.589. The second-order valence-electron chi connectivity index (χ2n) is 6.98. The summed E-state index contributed by atoms with van der Waals surface area (Å²) in [5, 5.41) is 9.77. The van der Waals surface area contributed by atoms with E-state index >= 15 is 0 Å². The molecule has 0 spiro atoms. The summed E-state index contributed by atoms with van der Waals surface area (Å²) in [5.41, 5.74) is 2.18. The number of amides is 1. The van der Waals surface area contributed by atoms with Crippen LogP contribution in [-0.2, 0) is 17.4 Å². The number of hydrogen-bond donors (Lipinski definition) is 2. The van der Waals surface area contributed by atoms with Crippen molar-refractivity contribution >= 4 is 11.7 Å². The summed E-state index contributed by atoms with van der Waals surface area (Å²) in [6, 6.07) is 13.7. The molecule has 0 saturated carbocycles. The van der Waals surface area contributed by atoms with Crippen molar-refractivity contribution < 1.29 is 22.4 Å². The lowest BCUT2D eigenvalue weighted by atomic mass is 10.0. The first-order valence-electron chi connectivity index (χ1n) is 9.52. The molecule has 9 heteroatoms. The van der Waals surface area contributed by atoms with Crippen LogP contribution in [0.3, 0.4) is 0 Å². The number of anilines is 1. The van der Waals surface area contributed by atoms with E-state index in [1.807, 2.05) is 0 Å². The number of alkyl halides is 3. The van der Waals surface area contributed by atoms with E-state index in [1.165, 1.54) is 24.3 Å². The molecule has 32 heavy (non-hydrogen) atoms. The van der Waals surface area contributed by atoms with Gasteiger partial charge in [0.2, 0.25) is 5.91 Å². The maximum atomic E-state index is 13.3. The lowest BCUT2D eigenvalue weighted by Gasteiger charge is -2.09. The Balaban J connectivity index is 1.61. The first-order valence-corrected chi connectivity index (χ1v) is 9.52. The smallest absolute Gasteiger partial charge is 0.308 e. The van der Waals surface area contributed by atoms with Crippen LogP contribution >= 0.6 is 0 Å². The molecule has 2 aromatic heterocycles. The van der Waals surface area contributed by atoms with Crippen LogP contribution in [0.1, 0.15) is 11.1 Å². The molecule has 2 heterocycles. The van der Waals surface area contributed by atoms with Gasteiger partial charge in [-0.15, -0.1) is 0 Å². The van der Waals surface area contributed by atoms with Crippen molar-refractivity contribution in [2.75, 3.05) is 5.32 Å². The van der Waals surface area contributed by atoms with Crippen molar-refractivity contribution in [1.82, 2.24) is 15.2 Å². The standard InChI is InChI=1S/C23H16F4N4O/c24-18-7-3-16(4-8-18)21-20(15-9-11-28-12-10-15)22(31-30-21)29-19(32)13-14-1-5-17(6-2-14)23(25,26)27/h1-12H,13H2,(H2,29,30,31,32). The Bertz CT molecular complexity index is 1220. The van der Waals surface area contributed by atoms with Crippen LogP contribution in [0.15, 0.2) is 73.1 Å². The molecule has 0 aliphatic rings. The number of hydrogen-bond acceptors (Lipinski definition) is 3. The van der Waals surface area contributed by atoms with Gasteiger partial charge in [0.15, 0.2) is 5.82 Å². The normalized spacial score (nSPS) is 11.4. The fraction of sp³-hybridized carbons (Fsp3) is 0.0870. The van der Waals surface area contributed by atoms with Crippen LogP contribution in [0, 0.1) is 5.82 Å². The third-order valence-corrected chi connectivity index (χ3v) is 4.77. The summed E-state index contributed by atoms with van der Waals surface area (Å²) in [7, 11) is 0. The van der Waals surface area contributed by atoms with Crippen LogP contribution in [0.25, 0.3) is 22.4 Å². The van der Waals surface area contributed by atoms with Gasteiger partial charge < -0.3 is 5.32 Å². The number of carbonyl (C=O) groups is 1. The van der Waals surface area contributed by atoms with E-state index in [1.54, 1.807) is 36.7 Å². The van der Waals surface area contributed by atoms with Gasteiger partial charge in [-0.1, -0.05) is 12.1 Å². The highest BCUT2D eigenvalue weighted by Crippen LogP contribution is 2.36. The Hall–Kier alpha value is -4.01. The highest BCUT2D eigenvalue weighted by atomic mass is 19.4.